The van der Waals surface area contributed by atoms with Crippen molar-refractivity contribution < 1.29 is 0 Å². The minimum atomic E-state index is 0.848. The zero-order chi connectivity index (χ0) is 13.5. The predicted molar refractivity (Wildman–Crippen MR) is 78.9 cm³/mol. The minimum absolute atomic E-state index is 0.848. The molecule has 0 saturated carbocycles. The second-order valence-electron chi connectivity index (χ2n) is 4.42. The van der Waals surface area contributed by atoms with E-state index < -0.39 is 0 Å². The molecule has 0 saturated heterocycles. The van der Waals surface area contributed by atoms with Gasteiger partial charge < -0.3 is 5.32 Å². The van der Waals surface area contributed by atoms with Crippen LogP contribution in [-0.2, 0) is 19.6 Å². The van der Waals surface area contributed by atoms with Crippen LogP contribution in [-0.4, -0.2) is 28.5 Å². The number of pyridine rings is 1. The quantitative estimate of drug-likeness (QED) is 0.842. The highest BCUT2D eigenvalue weighted by Crippen LogP contribution is 2.13. The lowest BCUT2D eigenvalue weighted by molar-refractivity contribution is 0.268. The summed E-state index contributed by atoms with van der Waals surface area (Å²) in [5.41, 5.74) is 2.45. The van der Waals surface area contributed by atoms with Crippen LogP contribution in [0.1, 0.15) is 23.2 Å². The van der Waals surface area contributed by atoms with Crippen LogP contribution in [0.5, 0.6) is 0 Å². The Morgan fingerprint density at radius 1 is 1.26 bits per heavy atom. The summed E-state index contributed by atoms with van der Waals surface area (Å²) >= 11 is 1.72. The van der Waals surface area contributed by atoms with Crippen molar-refractivity contribution in [3.8, 4) is 0 Å². The molecule has 5 heteroatoms. The molecule has 0 atom stereocenters. The van der Waals surface area contributed by atoms with Crippen LogP contribution in [0, 0.1) is 0 Å². The smallest absolute Gasteiger partial charge is 0.107 e. The average molecular weight is 276 g/mol. The molecule has 4 nitrogen and oxygen atoms in total. The van der Waals surface area contributed by atoms with Crippen molar-refractivity contribution in [3.63, 3.8) is 0 Å². The first kappa shape index (κ1) is 14.1. The Bertz CT molecular complexity index is 483. The second kappa shape index (κ2) is 7.33. The van der Waals surface area contributed by atoms with Gasteiger partial charge in [0.15, 0.2) is 0 Å². The van der Waals surface area contributed by atoms with Crippen molar-refractivity contribution in [3.05, 3.63) is 46.2 Å². The third kappa shape index (κ3) is 4.38. The van der Waals surface area contributed by atoms with E-state index in [4.69, 9.17) is 0 Å². The maximum absolute atomic E-state index is 4.63. The van der Waals surface area contributed by atoms with Gasteiger partial charge in [-0.2, -0.15) is 0 Å². The summed E-state index contributed by atoms with van der Waals surface area (Å²) in [4.78, 5) is 11.1. The zero-order valence-corrected chi connectivity index (χ0v) is 12.3. The summed E-state index contributed by atoms with van der Waals surface area (Å²) in [7, 11) is 1.95. The van der Waals surface area contributed by atoms with Crippen molar-refractivity contribution in [2.45, 2.75) is 26.6 Å². The number of thiazole rings is 1. The van der Waals surface area contributed by atoms with Gasteiger partial charge in [-0.15, -0.1) is 11.3 Å². The predicted octanol–water partition coefficient (Wildman–Crippen LogP) is 2.28. The highest BCUT2D eigenvalue weighted by molar-refractivity contribution is 7.09. The number of nitrogens with zero attached hydrogens (tertiary/aromatic N) is 3. The highest BCUT2D eigenvalue weighted by atomic mass is 32.1. The first-order valence-electron chi connectivity index (χ1n) is 6.51. The highest BCUT2D eigenvalue weighted by Gasteiger charge is 2.08. The largest absolute Gasteiger partial charge is 0.314 e. The topological polar surface area (TPSA) is 41.1 Å². The Kier molecular flexibility index (Phi) is 5.44. The van der Waals surface area contributed by atoms with E-state index in [0.29, 0.717) is 0 Å². The lowest BCUT2D eigenvalue weighted by Gasteiger charge is -2.19. The van der Waals surface area contributed by atoms with Gasteiger partial charge in [0.2, 0.25) is 0 Å². The van der Waals surface area contributed by atoms with Crippen molar-refractivity contribution in [2.75, 3.05) is 13.6 Å². The minimum Gasteiger partial charge on any atom is -0.314 e. The normalized spacial score (nSPS) is 11.1. The van der Waals surface area contributed by atoms with Crippen molar-refractivity contribution in [2.24, 2.45) is 0 Å². The molecule has 0 spiro atoms. The van der Waals surface area contributed by atoms with Gasteiger partial charge in [0.1, 0.15) is 5.01 Å². The molecule has 0 radical (unpaired) electrons. The van der Waals surface area contributed by atoms with Crippen LogP contribution in [0.25, 0.3) is 0 Å². The average Bonchev–Trinajstić information content (AvgIpc) is 2.87. The fourth-order valence-electron chi connectivity index (χ4n) is 1.91. The van der Waals surface area contributed by atoms with Crippen LogP contribution in [0.15, 0.2) is 29.9 Å². The van der Waals surface area contributed by atoms with Crippen LogP contribution >= 0.6 is 11.3 Å². The molecule has 0 amide bonds. The Balaban J connectivity index is 1.94. The fourth-order valence-corrected chi connectivity index (χ4v) is 2.71. The Hall–Kier alpha value is -1.30. The number of rotatable bonds is 7. The van der Waals surface area contributed by atoms with Gasteiger partial charge in [0.25, 0.3) is 0 Å². The van der Waals surface area contributed by atoms with Gasteiger partial charge in [-0.05, 0) is 31.3 Å². The van der Waals surface area contributed by atoms with Gasteiger partial charge in [0.05, 0.1) is 5.69 Å². The first-order valence-corrected chi connectivity index (χ1v) is 7.39. The zero-order valence-electron chi connectivity index (χ0n) is 11.5. The maximum atomic E-state index is 4.63. The summed E-state index contributed by atoms with van der Waals surface area (Å²) in [5.74, 6) is 0. The van der Waals surface area contributed by atoms with Gasteiger partial charge in [0, 0.05) is 37.4 Å². The van der Waals surface area contributed by atoms with E-state index in [1.165, 1.54) is 5.56 Å². The monoisotopic (exact) mass is 276 g/mol. The third-order valence-electron chi connectivity index (χ3n) is 2.92. The van der Waals surface area contributed by atoms with E-state index >= 15 is 0 Å². The van der Waals surface area contributed by atoms with Crippen LogP contribution < -0.4 is 5.32 Å². The van der Waals surface area contributed by atoms with Crippen LogP contribution in [0.4, 0.5) is 0 Å². The van der Waals surface area contributed by atoms with E-state index in [1.807, 2.05) is 19.4 Å². The molecule has 102 valence electrons. The standard InChI is InChI=1S/C14H20N4S/c1-3-18(9-12-4-6-16-7-5-12)10-13-11-19-14(17-13)8-15-2/h4-7,11,15H,3,8-10H2,1-2H3. The Morgan fingerprint density at radius 3 is 2.74 bits per heavy atom. The van der Waals surface area contributed by atoms with E-state index in [0.717, 1.165) is 36.9 Å². The van der Waals surface area contributed by atoms with Crippen LogP contribution in [0.2, 0.25) is 0 Å². The third-order valence-corrected chi connectivity index (χ3v) is 3.81. The molecule has 0 unspecified atom stereocenters. The number of hydrogen-bond donors (Lipinski definition) is 1. The lowest BCUT2D eigenvalue weighted by atomic mass is 10.2. The van der Waals surface area contributed by atoms with E-state index in [9.17, 15) is 0 Å². The number of hydrogen-bond acceptors (Lipinski definition) is 5. The molecule has 0 aromatic carbocycles. The summed E-state index contributed by atoms with van der Waals surface area (Å²) in [6, 6.07) is 4.13. The lowest BCUT2D eigenvalue weighted by Crippen LogP contribution is -2.22. The molecular formula is C14H20N4S. The fraction of sp³-hybridized carbons (Fsp3) is 0.429. The van der Waals surface area contributed by atoms with Crippen LogP contribution in [0.3, 0.4) is 0 Å². The Morgan fingerprint density at radius 2 is 2.05 bits per heavy atom. The molecule has 2 aromatic rings. The van der Waals surface area contributed by atoms with E-state index in [2.05, 4.69) is 44.6 Å². The number of aromatic nitrogens is 2. The molecule has 0 aliphatic carbocycles. The SMILES string of the molecule is CCN(Cc1ccncc1)Cc1csc(CNC)n1. The Labute approximate surface area is 118 Å². The molecular weight excluding hydrogens is 256 g/mol. The van der Waals surface area contributed by atoms with Crippen molar-refractivity contribution in [1.82, 2.24) is 20.2 Å². The summed E-state index contributed by atoms with van der Waals surface area (Å²) < 4.78 is 0. The van der Waals surface area contributed by atoms with E-state index in [1.54, 1.807) is 11.3 Å². The molecule has 2 aromatic heterocycles. The molecule has 0 aliphatic rings. The first-order chi connectivity index (χ1) is 9.31. The second-order valence-corrected chi connectivity index (χ2v) is 5.36. The summed E-state index contributed by atoms with van der Waals surface area (Å²) in [5, 5.41) is 6.44. The number of nitrogens with one attached hydrogen (secondary N) is 1. The van der Waals surface area contributed by atoms with Crippen molar-refractivity contribution in [1.29, 1.82) is 0 Å². The van der Waals surface area contributed by atoms with Gasteiger partial charge in [-0.25, -0.2) is 4.98 Å². The van der Waals surface area contributed by atoms with E-state index in [-0.39, 0.29) is 0 Å². The van der Waals surface area contributed by atoms with Gasteiger partial charge in [-0.3, -0.25) is 9.88 Å². The van der Waals surface area contributed by atoms with Gasteiger partial charge in [-0.1, -0.05) is 6.92 Å². The molecule has 0 fully saturated rings. The van der Waals surface area contributed by atoms with Gasteiger partial charge >= 0.3 is 0 Å². The summed E-state index contributed by atoms with van der Waals surface area (Å²) in [6.45, 7) is 5.89. The molecule has 0 aliphatic heterocycles. The molecule has 19 heavy (non-hydrogen) atoms. The van der Waals surface area contributed by atoms with Crippen molar-refractivity contribution >= 4 is 11.3 Å². The molecule has 2 rings (SSSR count). The summed E-state index contributed by atoms with van der Waals surface area (Å²) in [6.07, 6.45) is 3.69. The maximum Gasteiger partial charge on any atom is 0.107 e. The molecule has 1 N–H and O–H groups in total. The molecule has 0 bridgehead atoms. The molecule has 2 heterocycles.